The third kappa shape index (κ3) is 5.20. The second-order valence-electron chi connectivity index (χ2n) is 8.51. The molecular formula is C25H31NO5. The number of hydrogen-bond donors (Lipinski definition) is 1. The van der Waals surface area contributed by atoms with Gasteiger partial charge >= 0.3 is 5.97 Å². The van der Waals surface area contributed by atoms with E-state index in [2.05, 4.69) is 17.0 Å². The summed E-state index contributed by atoms with van der Waals surface area (Å²) in [5, 5.41) is 10.7. The lowest BCUT2D eigenvalue weighted by atomic mass is 9.78. The molecule has 1 aliphatic heterocycles. The number of aliphatic hydroxyl groups is 1. The second kappa shape index (κ2) is 9.71. The van der Waals surface area contributed by atoms with Crippen molar-refractivity contribution in [1.82, 2.24) is 4.90 Å². The highest BCUT2D eigenvalue weighted by atomic mass is 16.5. The fraction of sp³-hybridized carbons (Fsp3) is 0.480. The molecule has 2 aliphatic rings. The Bertz CT molecular complexity index is 884. The van der Waals surface area contributed by atoms with Gasteiger partial charge in [-0.2, -0.15) is 0 Å². The van der Waals surface area contributed by atoms with E-state index in [9.17, 15) is 9.90 Å². The van der Waals surface area contributed by atoms with E-state index in [0.717, 1.165) is 38.2 Å². The number of ether oxygens (including phenoxy) is 3. The molecule has 1 saturated heterocycles. The van der Waals surface area contributed by atoms with Crippen molar-refractivity contribution in [2.45, 2.75) is 38.5 Å². The zero-order valence-corrected chi connectivity index (χ0v) is 18.2. The summed E-state index contributed by atoms with van der Waals surface area (Å²) < 4.78 is 16.5. The summed E-state index contributed by atoms with van der Waals surface area (Å²) >= 11 is 0. The Labute approximate surface area is 183 Å². The quantitative estimate of drug-likeness (QED) is 0.685. The Balaban J connectivity index is 1.34. The van der Waals surface area contributed by atoms with E-state index >= 15 is 0 Å². The molecule has 1 heterocycles. The zero-order chi connectivity index (χ0) is 21.8. The van der Waals surface area contributed by atoms with Crippen molar-refractivity contribution in [1.29, 1.82) is 0 Å². The summed E-state index contributed by atoms with van der Waals surface area (Å²) in [6.45, 7) is 5.57. The van der Waals surface area contributed by atoms with Gasteiger partial charge in [0.05, 0.1) is 25.4 Å². The van der Waals surface area contributed by atoms with Gasteiger partial charge in [-0.15, -0.1) is 0 Å². The summed E-state index contributed by atoms with van der Waals surface area (Å²) in [5.74, 6) is 2.21. The summed E-state index contributed by atoms with van der Waals surface area (Å²) in [6, 6.07) is 15.2. The molecule has 2 aromatic rings. The largest absolute Gasteiger partial charge is 0.494 e. The predicted octanol–water partition coefficient (Wildman–Crippen LogP) is 3.52. The van der Waals surface area contributed by atoms with Crippen LogP contribution >= 0.6 is 0 Å². The Kier molecular flexibility index (Phi) is 6.78. The first-order valence-corrected chi connectivity index (χ1v) is 11.0. The van der Waals surface area contributed by atoms with E-state index < -0.39 is 6.10 Å². The van der Waals surface area contributed by atoms with E-state index in [1.165, 1.54) is 12.7 Å². The van der Waals surface area contributed by atoms with E-state index in [-0.39, 0.29) is 12.1 Å². The number of methoxy groups -OCH3 is 1. The summed E-state index contributed by atoms with van der Waals surface area (Å²) in [4.78, 5) is 14.1. The predicted molar refractivity (Wildman–Crippen MR) is 117 cm³/mol. The Hall–Kier alpha value is -2.57. The van der Waals surface area contributed by atoms with Gasteiger partial charge in [-0.05, 0) is 73.6 Å². The van der Waals surface area contributed by atoms with Gasteiger partial charge < -0.3 is 19.3 Å². The zero-order valence-electron chi connectivity index (χ0n) is 18.2. The Morgan fingerprint density at radius 1 is 1.06 bits per heavy atom. The number of likely N-dealkylation sites (tertiary alicyclic amines) is 1. The summed E-state index contributed by atoms with van der Waals surface area (Å²) in [7, 11) is 1.36. The highest BCUT2D eigenvalue weighted by Gasteiger charge is 2.42. The van der Waals surface area contributed by atoms with Crippen LogP contribution in [0.2, 0.25) is 0 Å². The molecule has 31 heavy (non-hydrogen) atoms. The van der Waals surface area contributed by atoms with Crippen LogP contribution in [0.4, 0.5) is 0 Å². The molecule has 0 unspecified atom stereocenters. The Morgan fingerprint density at radius 3 is 2.52 bits per heavy atom. The normalized spacial score (nSPS) is 25.6. The number of carbonyl (C=O) groups is 1. The maximum atomic E-state index is 11.6. The number of carbonyl (C=O) groups excluding carboxylic acids is 1. The van der Waals surface area contributed by atoms with E-state index in [0.29, 0.717) is 29.8 Å². The molecule has 2 fully saturated rings. The number of esters is 1. The molecule has 4 rings (SSSR count). The van der Waals surface area contributed by atoms with Gasteiger partial charge in [-0.1, -0.05) is 12.1 Å². The van der Waals surface area contributed by atoms with Crippen LogP contribution in [0, 0.1) is 11.8 Å². The molecular weight excluding hydrogens is 394 g/mol. The first-order valence-electron chi connectivity index (χ1n) is 11.0. The maximum absolute atomic E-state index is 11.6. The highest BCUT2D eigenvalue weighted by Crippen LogP contribution is 2.38. The van der Waals surface area contributed by atoms with Crippen molar-refractivity contribution in [3.05, 3.63) is 59.7 Å². The fourth-order valence-corrected chi connectivity index (χ4v) is 4.86. The lowest BCUT2D eigenvalue weighted by Crippen LogP contribution is -2.42. The minimum absolute atomic E-state index is 0.230. The van der Waals surface area contributed by atoms with Crippen molar-refractivity contribution in [2.24, 2.45) is 11.8 Å². The van der Waals surface area contributed by atoms with Crippen LogP contribution < -0.4 is 9.47 Å². The molecule has 0 amide bonds. The van der Waals surface area contributed by atoms with Crippen LogP contribution in [0.1, 0.15) is 35.7 Å². The molecule has 0 bridgehead atoms. The van der Waals surface area contributed by atoms with Crippen LogP contribution in [-0.2, 0) is 11.3 Å². The Morgan fingerprint density at radius 2 is 1.81 bits per heavy atom. The number of rotatable bonds is 7. The molecule has 1 N–H and O–H groups in total. The van der Waals surface area contributed by atoms with Gasteiger partial charge in [0.25, 0.3) is 0 Å². The fourth-order valence-electron chi connectivity index (χ4n) is 4.86. The SMILES string of the molecule is CCOc1cccc(CN2C[C@H]3C[C@@H](Oc4ccc(C(=O)OC)cc4)[C@H](O)C[C@H]3C2)c1. The topological polar surface area (TPSA) is 68.2 Å². The molecule has 0 spiro atoms. The van der Waals surface area contributed by atoms with Crippen LogP contribution in [-0.4, -0.2) is 55.0 Å². The monoisotopic (exact) mass is 425 g/mol. The first-order chi connectivity index (χ1) is 15.1. The number of hydrogen-bond acceptors (Lipinski definition) is 6. The van der Waals surface area contributed by atoms with Crippen molar-refractivity contribution >= 4 is 5.97 Å². The molecule has 166 valence electrons. The molecule has 6 heteroatoms. The van der Waals surface area contributed by atoms with Crippen LogP contribution in [0.25, 0.3) is 0 Å². The molecule has 6 nitrogen and oxygen atoms in total. The average molecular weight is 426 g/mol. The van der Waals surface area contributed by atoms with Gasteiger partial charge in [0.1, 0.15) is 17.6 Å². The average Bonchev–Trinajstić information content (AvgIpc) is 3.15. The third-order valence-electron chi connectivity index (χ3n) is 6.34. The highest BCUT2D eigenvalue weighted by molar-refractivity contribution is 5.89. The number of benzene rings is 2. The van der Waals surface area contributed by atoms with E-state index in [4.69, 9.17) is 14.2 Å². The van der Waals surface area contributed by atoms with E-state index in [1.54, 1.807) is 24.3 Å². The van der Waals surface area contributed by atoms with Crippen LogP contribution in [0.15, 0.2) is 48.5 Å². The molecule has 0 radical (unpaired) electrons. The molecule has 1 aliphatic carbocycles. The minimum atomic E-state index is -0.484. The van der Waals surface area contributed by atoms with Crippen LogP contribution in [0.3, 0.4) is 0 Å². The minimum Gasteiger partial charge on any atom is -0.494 e. The molecule has 4 atom stereocenters. The summed E-state index contributed by atoms with van der Waals surface area (Å²) in [6.07, 6.45) is 0.875. The van der Waals surface area contributed by atoms with Crippen molar-refractivity contribution in [3.63, 3.8) is 0 Å². The van der Waals surface area contributed by atoms with Gasteiger partial charge in [0.15, 0.2) is 0 Å². The molecule has 2 aromatic carbocycles. The lowest BCUT2D eigenvalue weighted by molar-refractivity contribution is -0.0231. The van der Waals surface area contributed by atoms with Crippen molar-refractivity contribution in [2.75, 3.05) is 26.8 Å². The first kappa shape index (κ1) is 21.7. The third-order valence-corrected chi connectivity index (χ3v) is 6.34. The second-order valence-corrected chi connectivity index (χ2v) is 8.51. The van der Waals surface area contributed by atoms with Gasteiger partial charge in [-0.3, -0.25) is 4.90 Å². The smallest absolute Gasteiger partial charge is 0.337 e. The number of fused-ring (bicyclic) bond motifs is 1. The van der Waals surface area contributed by atoms with E-state index in [1.807, 2.05) is 19.1 Å². The standard InChI is InChI=1S/C25H31NO5/c1-3-30-22-6-4-5-17(11-22)14-26-15-19-12-23(27)24(13-20(19)16-26)31-21-9-7-18(8-10-21)25(28)29-2/h4-11,19-20,23-24,27H,3,12-16H2,1-2H3/t19-,20+,23+,24+/m0/s1. The van der Waals surface area contributed by atoms with Crippen molar-refractivity contribution < 1.29 is 24.1 Å². The van der Waals surface area contributed by atoms with Gasteiger partial charge in [-0.25, -0.2) is 4.79 Å². The number of nitrogens with zero attached hydrogens (tertiary/aromatic N) is 1. The maximum Gasteiger partial charge on any atom is 0.337 e. The van der Waals surface area contributed by atoms with Crippen molar-refractivity contribution in [3.8, 4) is 11.5 Å². The van der Waals surface area contributed by atoms with Gasteiger partial charge in [0.2, 0.25) is 0 Å². The molecule has 0 aromatic heterocycles. The summed E-state index contributed by atoms with van der Waals surface area (Å²) in [5.41, 5.74) is 1.74. The lowest BCUT2D eigenvalue weighted by Gasteiger charge is -2.35. The number of aliphatic hydroxyl groups excluding tert-OH is 1. The molecule has 1 saturated carbocycles. The van der Waals surface area contributed by atoms with Crippen LogP contribution in [0.5, 0.6) is 11.5 Å². The van der Waals surface area contributed by atoms with Gasteiger partial charge in [0, 0.05) is 19.6 Å².